The summed E-state index contributed by atoms with van der Waals surface area (Å²) in [7, 11) is 1.99. The standard InChI is InChI=1S/C18H24N2O2/c1-14-6-8-18(9-7-14)22-13-17(21)12-20(3)15(2)16-5-4-10-19-11-16/h4-11,15,17,21H,12-13H2,1-3H3. The maximum Gasteiger partial charge on any atom is 0.119 e. The summed E-state index contributed by atoms with van der Waals surface area (Å²) in [5, 5.41) is 10.1. The van der Waals surface area contributed by atoms with E-state index in [9.17, 15) is 5.11 Å². The zero-order chi connectivity index (χ0) is 15.9. The van der Waals surface area contributed by atoms with E-state index in [1.54, 1.807) is 6.20 Å². The number of hydrogen-bond donors (Lipinski definition) is 1. The molecule has 0 aliphatic carbocycles. The summed E-state index contributed by atoms with van der Waals surface area (Å²) in [4.78, 5) is 6.23. The molecule has 0 radical (unpaired) electrons. The molecule has 22 heavy (non-hydrogen) atoms. The van der Waals surface area contributed by atoms with Gasteiger partial charge in [0, 0.05) is 25.0 Å². The Morgan fingerprint density at radius 1 is 1.23 bits per heavy atom. The van der Waals surface area contributed by atoms with Gasteiger partial charge in [-0.25, -0.2) is 0 Å². The second-order valence-electron chi connectivity index (χ2n) is 5.68. The lowest BCUT2D eigenvalue weighted by Gasteiger charge is -2.27. The number of rotatable bonds is 7. The third-order valence-electron chi connectivity index (χ3n) is 3.79. The molecule has 0 amide bonds. The van der Waals surface area contributed by atoms with Crippen LogP contribution in [0.25, 0.3) is 0 Å². The van der Waals surface area contributed by atoms with Gasteiger partial charge < -0.3 is 9.84 Å². The summed E-state index contributed by atoms with van der Waals surface area (Å²) in [5.74, 6) is 0.785. The van der Waals surface area contributed by atoms with Crippen molar-refractivity contribution in [3.05, 3.63) is 59.9 Å². The van der Waals surface area contributed by atoms with Gasteiger partial charge in [-0.2, -0.15) is 0 Å². The smallest absolute Gasteiger partial charge is 0.119 e. The molecular formula is C18H24N2O2. The Labute approximate surface area is 132 Å². The van der Waals surface area contributed by atoms with Gasteiger partial charge in [-0.3, -0.25) is 9.88 Å². The van der Waals surface area contributed by atoms with Gasteiger partial charge in [-0.1, -0.05) is 23.8 Å². The maximum atomic E-state index is 10.1. The molecule has 0 fully saturated rings. The second kappa shape index (κ2) is 7.92. The van der Waals surface area contributed by atoms with Crippen LogP contribution in [0.1, 0.15) is 24.1 Å². The van der Waals surface area contributed by atoms with Crippen LogP contribution in [0.5, 0.6) is 5.75 Å². The van der Waals surface area contributed by atoms with Crippen LogP contribution >= 0.6 is 0 Å². The Kier molecular flexibility index (Phi) is 5.92. The number of likely N-dealkylation sites (N-methyl/N-ethyl adjacent to an activating group) is 1. The average Bonchev–Trinajstić information content (AvgIpc) is 2.54. The number of nitrogens with zero attached hydrogens (tertiary/aromatic N) is 2. The van der Waals surface area contributed by atoms with Crippen molar-refractivity contribution in [3.8, 4) is 5.75 Å². The third-order valence-corrected chi connectivity index (χ3v) is 3.79. The number of aliphatic hydroxyl groups excluding tert-OH is 1. The number of aromatic nitrogens is 1. The molecule has 0 aliphatic heterocycles. The van der Waals surface area contributed by atoms with E-state index in [0.717, 1.165) is 11.3 Å². The minimum Gasteiger partial charge on any atom is -0.491 e. The van der Waals surface area contributed by atoms with Crippen molar-refractivity contribution in [1.29, 1.82) is 0 Å². The Hall–Kier alpha value is -1.91. The van der Waals surface area contributed by atoms with Crippen LogP contribution in [0.15, 0.2) is 48.8 Å². The predicted molar refractivity (Wildman–Crippen MR) is 88.0 cm³/mol. The quantitative estimate of drug-likeness (QED) is 0.854. The Morgan fingerprint density at radius 3 is 2.59 bits per heavy atom. The van der Waals surface area contributed by atoms with Crippen molar-refractivity contribution in [2.24, 2.45) is 0 Å². The predicted octanol–water partition coefficient (Wildman–Crippen LogP) is 2.82. The highest BCUT2D eigenvalue weighted by atomic mass is 16.5. The number of aryl methyl sites for hydroxylation is 1. The van der Waals surface area contributed by atoms with Crippen molar-refractivity contribution in [2.45, 2.75) is 26.0 Å². The topological polar surface area (TPSA) is 45.6 Å². The van der Waals surface area contributed by atoms with Crippen LogP contribution in [-0.4, -0.2) is 41.3 Å². The first-order chi connectivity index (χ1) is 10.6. The van der Waals surface area contributed by atoms with Crippen molar-refractivity contribution >= 4 is 0 Å². The molecule has 2 atom stereocenters. The first-order valence-electron chi connectivity index (χ1n) is 7.54. The summed E-state index contributed by atoms with van der Waals surface area (Å²) >= 11 is 0. The Balaban J connectivity index is 1.81. The molecule has 118 valence electrons. The third kappa shape index (κ3) is 4.83. The summed E-state index contributed by atoms with van der Waals surface area (Å²) in [5.41, 5.74) is 2.33. The second-order valence-corrected chi connectivity index (χ2v) is 5.68. The van der Waals surface area contributed by atoms with Crippen molar-refractivity contribution in [1.82, 2.24) is 9.88 Å². The van der Waals surface area contributed by atoms with Gasteiger partial charge in [0.1, 0.15) is 18.5 Å². The van der Waals surface area contributed by atoms with Crippen molar-refractivity contribution in [3.63, 3.8) is 0 Å². The molecule has 2 aromatic rings. The highest BCUT2D eigenvalue weighted by Crippen LogP contribution is 2.17. The van der Waals surface area contributed by atoms with E-state index in [1.165, 1.54) is 5.56 Å². The van der Waals surface area contributed by atoms with Gasteiger partial charge in [-0.05, 0) is 44.7 Å². The van der Waals surface area contributed by atoms with E-state index in [-0.39, 0.29) is 12.6 Å². The maximum absolute atomic E-state index is 10.1. The van der Waals surface area contributed by atoms with Crippen LogP contribution < -0.4 is 4.74 Å². The Morgan fingerprint density at radius 2 is 1.95 bits per heavy atom. The van der Waals surface area contributed by atoms with Gasteiger partial charge in [0.15, 0.2) is 0 Å². The molecule has 0 aliphatic rings. The van der Waals surface area contributed by atoms with Gasteiger partial charge in [-0.15, -0.1) is 0 Å². The number of pyridine rings is 1. The molecule has 1 aromatic carbocycles. The van der Waals surface area contributed by atoms with Crippen LogP contribution in [0.4, 0.5) is 0 Å². The highest BCUT2D eigenvalue weighted by Gasteiger charge is 2.16. The summed E-state index contributed by atoms with van der Waals surface area (Å²) in [6.45, 7) is 4.97. The lowest BCUT2D eigenvalue weighted by atomic mass is 10.1. The summed E-state index contributed by atoms with van der Waals surface area (Å²) in [6.07, 6.45) is 3.09. The fourth-order valence-corrected chi connectivity index (χ4v) is 2.25. The van der Waals surface area contributed by atoms with Crippen molar-refractivity contribution in [2.75, 3.05) is 20.2 Å². The number of aliphatic hydroxyl groups is 1. The van der Waals surface area contributed by atoms with Crippen LogP contribution in [0.2, 0.25) is 0 Å². The highest BCUT2D eigenvalue weighted by molar-refractivity contribution is 5.26. The van der Waals surface area contributed by atoms with E-state index in [2.05, 4.69) is 16.8 Å². The molecule has 4 nitrogen and oxygen atoms in total. The molecule has 0 spiro atoms. The minimum absolute atomic E-state index is 0.197. The van der Waals surface area contributed by atoms with E-state index < -0.39 is 6.10 Å². The van der Waals surface area contributed by atoms with E-state index in [4.69, 9.17) is 4.74 Å². The fourth-order valence-electron chi connectivity index (χ4n) is 2.25. The molecule has 1 heterocycles. The first-order valence-corrected chi connectivity index (χ1v) is 7.54. The van der Waals surface area contributed by atoms with Crippen LogP contribution in [0.3, 0.4) is 0 Å². The molecule has 1 aromatic heterocycles. The van der Waals surface area contributed by atoms with E-state index in [0.29, 0.717) is 6.54 Å². The number of hydrogen-bond acceptors (Lipinski definition) is 4. The SMILES string of the molecule is Cc1ccc(OCC(O)CN(C)C(C)c2cccnc2)cc1. The average molecular weight is 300 g/mol. The number of benzene rings is 1. The molecule has 0 saturated heterocycles. The molecule has 0 bridgehead atoms. The monoisotopic (exact) mass is 300 g/mol. The van der Waals surface area contributed by atoms with Gasteiger partial charge in [0.25, 0.3) is 0 Å². The van der Waals surface area contributed by atoms with Crippen molar-refractivity contribution < 1.29 is 9.84 Å². The zero-order valence-electron chi connectivity index (χ0n) is 13.4. The number of ether oxygens (including phenoxy) is 1. The van der Waals surface area contributed by atoms with Crippen LogP contribution in [-0.2, 0) is 0 Å². The fraction of sp³-hybridized carbons (Fsp3) is 0.389. The molecule has 4 heteroatoms. The Bertz CT molecular complexity index is 557. The lowest BCUT2D eigenvalue weighted by Crippen LogP contribution is -2.34. The summed E-state index contributed by atoms with van der Waals surface area (Å²) in [6, 6.07) is 12.0. The van der Waals surface area contributed by atoms with E-state index in [1.807, 2.05) is 56.6 Å². The molecule has 0 saturated carbocycles. The molecule has 1 N–H and O–H groups in total. The van der Waals surface area contributed by atoms with Gasteiger partial charge >= 0.3 is 0 Å². The molecule has 2 rings (SSSR count). The van der Waals surface area contributed by atoms with Crippen LogP contribution in [0, 0.1) is 6.92 Å². The zero-order valence-corrected chi connectivity index (χ0v) is 13.4. The van der Waals surface area contributed by atoms with Gasteiger partial charge in [0.05, 0.1) is 0 Å². The largest absolute Gasteiger partial charge is 0.491 e. The minimum atomic E-state index is -0.537. The molecular weight excluding hydrogens is 276 g/mol. The molecule has 2 unspecified atom stereocenters. The van der Waals surface area contributed by atoms with E-state index >= 15 is 0 Å². The van der Waals surface area contributed by atoms with Gasteiger partial charge in [0.2, 0.25) is 0 Å². The lowest BCUT2D eigenvalue weighted by molar-refractivity contribution is 0.0653. The summed E-state index contributed by atoms with van der Waals surface area (Å²) < 4.78 is 5.62. The normalized spacial score (nSPS) is 13.9. The first kappa shape index (κ1) is 16.5.